The SMILES string of the molecule is C#C/C(S)=C\C=C(C)C. The molecule has 0 radical (unpaired) electrons. The number of allylic oxidation sites excluding steroid dienone is 4. The van der Waals surface area contributed by atoms with E-state index in [0.29, 0.717) is 4.91 Å². The molecule has 0 saturated carbocycles. The van der Waals surface area contributed by atoms with E-state index < -0.39 is 0 Å². The van der Waals surface area contributed by atoms with Crippen molar-refractivity contribution in [3.8, 4) is 12.3 Å². The summed E-state index contributed by atoms with van der Waals surface area (Å²) >= 11 is 3.99. The maximum atomic E-state index is 5.03. The number of terminal acetylenes is 1. The highest BCUT2D eigenvalue weighted by molar-refractivity contribution is 7.84. The smallest absolute Gasteiger partial charge is 0.0540 e. The van der Waals surface area contributed by atoms with E-state index in [0.717, 1.165) is 0 Å². The van der Waals surface area contributed by atoms with E-state index in [-0.39, 0.29) is 0 Å². The van der Waals surface area contributed by atoms with Gasteiger partial charge in [-0.2, -0.15) is 0 Å². The average molecular weight is 138 g/mol. The Kier molecular flexibility index (Phi) is 4.00. The Morgan fingerprint density at radius 1 is 1.44 bits per heavy atom. The van der Waals surface area contributed by atoms with Crippen LogP contribution in [0.5, 0.6) is 0 Å². The van der Waals surface area contributed by atoms with E-state index in [1.807, 2.05) is 19.9 Å². The van der Waals surface area contributed by atoms with Crippen LogP contribution in [0.25, 0.3) is 0 Å². The van der Waals surface area contributed by atoms with Crippen molar-refractivity contribution in [1.82, 2.24) is 0 Å². The van der Waals surface area contributed by atoms with Gasteiger partial charge in [-0.15, -0.1) is 19.1 Å². The molecule has 0 aromatic carbocycles. The Labute approximate surface area is 62.1 Å². The van der Waals surface area contributed by atoms with Gasteiger partial charge in [-0.1, -0.05) is 17.6 Å². The lowest BCUT2D eigenvalue weighted by atomic mass is 10.3. The van der Waals surface area contributed by atoms with Crippen LogP contribution >= 0.6 is 12.6 Å². The fraction of sp³-hybridized carbons (Fsp3) is 0.250. The Bertz CT molecular complexity index is 175. The maximum Gasteiger partial charge on any atom is 0.0540 e. The second-order valence-corrected chi connectivity index (χ2v) is 2.42. The van der Waals surface area contributed by atoms with Crippen molar-refractivity contribution in [2.24, 2.45) is 0 Å². The first-order valence-electron chi connectivity index (χ1n) is 2.67. The summed E-state index contributed by atoms with van der Waals surface area (Å²) in [5, 5.41) is 0. The molecule has 1 heteroatoms. The molecule has 0 amide bonds. The van der Waals surface area contributed by atoms with Gasteiger partial charge in [0.2, 0.25) is 0 Å². The molecule has 48 valence electrons. The fourth-order valence-corrected chi connectivity index (χ4v) is 0.368. The molecule has 0 saturated heterocycles. The topological polar surface area (TPSA) is 0 Å². The third-order valence-corrected chi connectivity index (χ3v) is 1.00. The highest BCUT2D eigenvalue weighted by Crippen LogP contribution is 1.99. The third kappa shape index (κ3) is 5.26. The number of hydrogen-bond acceptors (Lipinski definition) is 1. The summed E-state index contributed by atoms with van der Waals surface area (Å²) in [7, 11) is 0. The first kappa shape index (κ1) is 8.39. The van der Waals surface area contributed by atoms with Gasteiger partial charge >= 0.3 is 0 Å². The van der Waals surface area contributed by atoms with Gasteiger partial charge in [0, 0.05) is 0 Å². The minimum atomic E-state index is 0.663. The maximum absolute atomic E-state index is 5.03. The molecule has 0 rings (SSSR count). The van der Waals surface area contributed by atoms with Crippen molar-refractivity contribution in [2.75, 3.05) is 0 Å². The van der Waals surface area contributed by atoms with E-state index >= 15 is 0 Å². The first-order valence-corrected chi connectivity index (χ1v) is 3.12. The van der Waals surface area contributed by atoms with Crippen LogP contribution in [0, 0.1) is 12.3 Å². The lowest BCUT2D eigenvalue weighted by molar-refractivity contribution is 1.39. The molecule has 0 unspecified atom stereocenters. The van der Waals surface area contributed by atoms with Crippen LogP contribution in [0.1, 0.15) is 13.8 Å². The molecule has 0 aromatic rings. The molecule has 0 aliphatic carbocycles. The van der Waals surface area contributed by atoms with Crippen LogP contribution in [0.15, 0.2) is 22.6 Å². The zero-order valence-corrected chi connectivity index (χ0v) is 6.57. The van der Waals surface area contributed by atoms with Gasteiger partial charge in [-0.05, 0) is 19.9 Å². The van der Waals surface area contributed by atoms with Crippen molar-refractivity contribution in [1.29, 1.82) is 0 Å². The summed E-state index contributed by atoms with van der Waals surface area (Å²) in [4.78, 5) is 0.663. The van der Waals surface area contributed by atoms with Crippen LogP contribution in [-0.2, 0) is 0 Å². The zero-order chi connectivity index (χ0) is 7.28. The summed E-state index contributed by atoms with van der Waals surface area (Å²) < 4.78 is 0. The fourth-order valence-electron chi connectivity index (χ4n) is 0.294. The lowest BCUT2D eigenvalue weighted by Gasteiger charge is -1.83. The van der Waals surface area contributed by atoms with Crippen LogP contribution < -0.4 is 0 Å². The monoisotopic (exact) mass is 138 g/mol. The van der Waals surface area contributed by atoms with Gasteiger partial charge in [0.1, 0.15) is 0 Å². The van der Waals surface area contributed by atoms with E-state index in [2.05, 4.69) is 18.5 Å². The summed E-state index contributed by atoms with van der Waals surface area (Å²) in [6.07, 6.45) is 8.77. The Balaban J connectivity index is 4.03. The van der Waals surface area contributed by atoms with Gasteiger partial charge < -0.3 is 0 Å². The lowest BCUT2D eigenvalue weighted by Crippen LogP contribution is -1.62. The highest BCUT2D eigenvalue weighted by Gasteiger charge is 1.76. The minimum Gasteiger partial charge on any atom is -0.135 e. The quantitative estimate of drug-likeness (QED) is 0.321. The number of hydrogen-bond donors (Lipinski definition) is 1. The molecule has 9 heavy (non-hydrogen) atoms. The van der Waals surface area contributed by atoms with Crippen molar-refractivity contribution in [3.05, 3.63) is 22.6 Å². The second kappa shape index (κ2) is 4.29. The van der Waals surface area contributed by atoms with Crippen LogP contribution in [0.3, 0.4) is 0 Å². The largest absolute Gasteiger partial charge is 0.135 e. The van der Waals surface area contributed by atoms with E-state index in [1.165, 1.54) is 5.57 Å². The van der Waals surface area contributed by atoms with Crippen molar-refractivity contribution in [2.45, 2.75) is 13.8 Å². The van der Waals surface area contributed by atoms with Crippen molar-refractivity contribution < 1.29 is 0 Å². The van der Waals surface area contributed by atoms with E-state index in [9.17, 15) is 0 Å². The van der Waals surface area contributed by atoms with Gasteiger partial charge in [0.25, 0.3) is 0 Å². The molecule has 0 aliphatic heterocycles. The molecule has 0 aromatic heterocycles. The molecule has 0 N–H and O–H groups in total. The molecule has 0 atom stereocenters. The van der Waals surface area contributed by atoms with E-state index in [1.54, 1.807) is 6.08 Å². The van der Waals surface area contributed by atoms with E-state index in [4.69, 9.17) is 6.42 Å². The molecule has 0 aliphatic rings. The highest BCUT2D eigenvalue weighted by atomic mass is 32.1. The Morgan fingerprint density at radius 2 is 2.00 bits per heavy atom. The first-order chi connectivity index (χ1) is 4.16. The minimum absolute atomic E-state index is 0.663. The van der Waals surface area contributed by atoms with Gasteiger partial charge in [0.15, 0.2) is 0 Å². The molecular weight excluding hydrogens is 128 g/mol. The Hall–Kier alpha value is -0.610. The van der Waals surface area contributed by atoms with Gasteiger partial charge in [0.05, 0.1) is 4.91 Å². The molecule has 0 heterocycles. The second-order valence-electron chi connectivity index (χ2n) is 1.94. The molecular formula is C8H10S. The Morgan fingerprint density at radius 3 is 2.33 bits per heavy atom. The molecule has 0 bridgehead atoms. The summed E-state index contributed by atoms with van der Waals surface area (Å²) in [5.41, 5.74) is 1.22. The third-order valence-electron chi connectivity index (χ3n) is 0.722. The normalized spacial score (nSPS) is 10.2. The van der Waals surface area contributed by atoms with Gasteiger partial charge in [-0.25, -0.2) is 0 Å². The number of rotatable bonds is 1. The predicted octanol–water partition coefficient (Wildman–Crippen LogP) is 2.40. The zero-order valence-electron chi connectivity index (χ0n) is 5.68. The summed E-state index contributed by atoms with van der Waals surface area (Å²) in [5.74, 6) is 2.40. The average Bonchev–Trinajstić information content (AvgIpc) is 1.83. The van der Waals surface area contributed by atoms with Crippen molar-refractivity contribution in [3.63, 3.8) is 0 Å². The van der Waals surface area contributed by atoms with Crippen molar-refractivity contribution >= 4 is 12.6 Å². The van der Waals surface area contributed by atoms with Crippen LogP contribution in [-0.4, -0.2) is 0 Å². The standard InChI is InChI=1S/C8H10S/c1-4-8(9)6-5-7(2)3/h1,5-6,9H,2-3H3/b8-6+. The molecule has 0 fully saturated rings. The van der Waals surface area contributed by atoms with Crippen LogP contribution in [0.4, 0.5) is 0 Å². The summed E-state index contributed by atoms with van der Waals surface area (Å²) in [6, 6.07) is 0. The summed E-state index contributed by atoms with van der Waals surface area (Å²) in [6.45, 7) is 4.02. The molecule has 0 spiro atoms. The molecule has 0 nitrogen and oxygen atoms in total. The van der Waals surface area contributed by atoms with Gasteiger partial charge in [-0.3, -0.25) is 0 Å². The number of thiol groups is 1. The predicted molar refractivity (Wildman–Crippen MR) is 45.3 cm³/mol. The van der Waals surface area contributed by atoms with Crippen LogP contribution in [0.2, 0.25) is 0 Å².